The first kappa shape index (κ1) is 10.4. The zero-order valence-corrected chi connectivity index (χ0v) is 7.34. The maximum Gasteiger partial charge on any atom is 0.319 e. The van der Waals surface area contributed by atoms with Gasteiger partial charge in [-0.3, -0.25) is 0 Å². The van der Waals surface area contributed by atoms with Gasteiger partial charge < -0.3 is 10.6 Å². The summed E-state index contributed by atoms with van der Waals surface area (Å²) in [5.74, 6) is 0. The summed E-state index contributed by atoms with van der Waals surface area (Å²) in [7, 11) is 0. The van der Waals surface area contributed by atoms with Crippen LogP contribution in [-0.2, 0) is 0 Å². The molecule has 1 rings (SSSR count). The minimum atomic E-state index is -2.53. The number of urea groups is 1. The lowest BCUT2D eigenvalue weighted by molar-refractivity contribution is 0.148. The Kier molecular flexibility index (Phi) is 3.84. The van der Waals surface area contributed by atoms with Gasteiger partial charge in [0.25, 0.3) is 6.43 Å². The summed E-state index contributed by atoms with van der Waals surface area (Å²) in [5.41, 5.74) is 0.569. The topological polar surface area (TPSA) is 41.1 Å². The van der Waals surface area contributed by atoms with E-state index in [0.717, 1.165) is 0 Å². The van der Waals surface area contributed by atoms with Gasteiger partial charge in [0.15, 0.2) is 0 Å². The van der Waals surface area contributed by atoms with Crippen LogP contribution in [0.5, 0.6) is 0 Å². The van der Waals surface area contributed by atoms with Crippen LogP contribution in [0.1, 0.15) is 0 Å². The molecule has 0 aliphatic rings. The van der Waals surface area contributed by atoms with Crippen LogP contribution in [0.4, 0.5) is 19.3 Å². The molecule has 0 heterocycles. The average molecular weight is 200 g/mol. The number of carbonyl (C=O) groups excluding carboxylic acids is 1. The average Bonchev–Trinajstić information content (AvgIpc) is 2.16. The van der Waals surface area contributed by atoms with Crippen LogP contribution in [0.15, 0.2) is 30.3 Å². The second-order valence-electron chi connectivity index (χ2n) is 2.59. The minimum Gasteiger partial charge on any atom is -0.332 e. The number of rotatable bonds is 3. The Hall–Kier alpha value is -1.65. The molecular weight excluding hydrogens is 190 g/mol. The van der Waals surface area contributed by atoms with Crippen molar-refractivity contribution in [1.82, 2.24) is 5.32 Å². The van der Waals surface area contributed by atoms with Crippen LogP contribution < -0.4 is 10.6 Å². The molecule has 14 heavy (non-hydrogen) atoms. The summed E-state index contributed by atoms with van der Waals surface area (Å²) < 4.78 is 23.4. The van der Waals surface area contributed by atoms with Crippen molar-refractivity contribution in [2.75, 3.05) is 11.9 Å². The van der Waals surface area contributed by atoms with E-state index in [1.807, 2.05) is 5.32 Å². The number of alkyl halides is 2. The fraction of sp³-hybridized carbons (Fsp3) is 0.222. The lowest BCUT2D eigenvalue weighted by Gasteiger charge is -2.06. The van der Waals surface area contributed by atoms with E-state index in [1.54, 1.807) is 30.3 Å². The number of para-hydroxylation sites is 1. The highest BCUT2D eigenvalue weighted by Gasteiger charge is 2.05. The fourth-order valence-corrected chi connectivity index (χ4v) is 0.867. The van der Waals surface area contributed by atoms with Crippen molar-refractivity contribution in [3.8, 4) is 0 Å². The highest BCUT2D eigenvalue weighted by Crippen LogP contribution is 2.04. The molecule has 1 aromatic carbocycles. The smallest absolute Gasteiger partial charge is 0.319 e. The molecular formula is C9H10F2N2O. The van der Waals surface area contributed by atoms with E-state index in [4.69, 9.17) is 0 Å². The van der Waals surface area contributed by atoms with E-state index >= 15 is 0 Å². The second kappa shape index (κ2) is 5.16. The van der Waals surface area contributed by atoms with E-state index in [2.05, 4.69) is 5.32 Å². The summed E-state index contributed by atoms with van der Waals surface area (Å²) in [6, 6.07) is 7.98. The third-order valence-corrected chi connectivity index (χ3v) is 1.45. The standard InChI is InChI=1S/C9H10F2N2O/c10-8(11)6-12-9(14)13-7-4-2-1-3-5-7/h1-5,8H,6H2,(H2,12,13,14). The van der Waals surface area contributed by atoms with Crippen LogP contribution in [0, 0.1) is 0 Å². The molecule has 76 valence electrons. The van der Waals surface area contributed by atoms with Gasteiger partial charge in [0.2, 0.25) is 0 Å². The predicted molar refractivity (Wildman–Crippen MR) is 49.5 cm³/mol. The van der Waals surface area contributed by atoms with Gasteiger partial charge in [-0.05, 0) is 12.1 Å². The van der Waals surface area contributed by atoms with Gasteiger partial charge in [-0.25, -0.2) is 13.6 Å². The third-order valence-electron chi connectivity index (χ3n) is 1.45. The first-order chi connectivity index (χ1) is 6.68. The quantitative estimate of drug-likeness (QED) is 0.770. The van der Waals surface area contributed by atoms with Crippen molar-refractivity contribution in [3.05, 3.63) is 30.3 Å². The van der Waals surface area contributed by atoms with Gasteiger partial charge >= 0.3 is 6.03 Å². The van der Waals surface area contributed by atoms with Crippen molar-refractivity contribution >= 4 is 11.7 Å². The summed E-state index contributed by atoms with van der Waals surface area (Å²) in [6.07, 6.45) is -2.53. The van der Waals surface area contributed by atoms with E-state index < -0.39 is 19.0 Å². The maximum atomic E-state index is 11.7. The van der Waals surface area contributed by atoms with Crippen LogP contribution in [0.25, 0.3) is 0 Å². The largest absolute Gasteiger partial charge is 0.332 e. The number of halogens is 2. The highest BCUT2D eigenvalue weighted by atomic mass is 19.3. The molecule has 0 unspecified atom stereocenters. The second-order valence-corrected chi connectivity index (χ2v) is 2.59. The fourth-order valence-electron chi connectivity index (χ4n) is 0.867. The summed E-state index contributed by atoms with van der Waals surface area (Å²) in [6.45, 7) is -0.640. The SMILES string of the molecule is O=C(NCC(F)F)Nc1ccccc1. The monoisotopic (exact) mass is 200 g/mol. The summed E-state index contributed by atoms with van der Waals surface area (Å²) in [5, 5.41) is 4.44. The van der Waals surface area contributed by atoms with Crippen LogP contribution in [0.2, 0.25) is 0 Å². The first-order valence-electron chi connectivity index (χ1n) is 4.06. The molecule has 0 saturated carbocycles. The van der Waals surface area contributed by atoms with Crippen molar-refractivity contribution in [3.63, 3.8) is 0 Å². The molecule has 3 nitrogen and oxygen atoms in total. The van der Waals surface area contributed by atoms with Gasteiger partial charge in [-0.15, -0.1) is 0 Å². The molecule has 5 heteroatoms. The van der Waals surface area contributed by atoms with E-state index in [9.17, 15) is 13.6 Å². The Morgan fingerprint density at radius 3 is 2.50 bits per heavy atom. The van der Waals surface area contributed by atoms with Gasteiger partial charge in [0.1, 0.15) is 0 Å². The summed E-state index contributed by atoms with van der Waals surface area (Å²) in [4.78, 5) is 11.0. The van der Waals surface area contributed by atoms with Gasteiger partial charge in [0.05, 0.1) is 6.54 Å². The molecule has 0 aliphatic heterocycles. The van der Waals surface area contributed by atoms with Crippen molar-refractivity contribution in [2.45, 2.75) is 6.43 Å². The molecule has 2 N–H and O–H groups in total. The lowest BCUT2D eigenvalue weighted by Crippen LogP contribution is -2.32. The molecule has 0 fully saturated rings. The highest BCUT2D eigenvalue weighted by molar-refractivity contribution is 5.89. The Balaban J connectivity index is 2.35. The molecule has 0 aliphatic carbocycles. The van der Waals surface area contributed by atoms with Crippen LogP contribution in [-0.4, -0.2) is 19.0 Å². The number of amides is 2. The zero-order valence-electron chi connectivity index (χ0n) is 7.34. The normalized spacial score (nSPS) is 9.93. The van der Waals surface area contributed by atoms with E-state index in [0.29, 0.717) is 5.69 Å². The van der Waals surface area contributed by atoms with Crippen molar-refractivity contribution in [2.24, 2.45) is 0 Å². The lowest BCUT2D eigenvalue weighted by atomic mass is 10.3. The van der Waals surface area contributed by atoms with Crippen LogP contribution >= 0.6 is 0 Å². The van der Waals surface area contributed by atoms with E-state index in [-0.39, 0.29) is 0 Å². The molecule has 0 bridgehead atoms. The molecule has 1 aromatic rings. The van der Waals surface area contributed by atoms with Crippen molar-refractivity contribution in [1.29, 1.82) is 0 Å². The molecule has 0 saturated heterocycles. The van der Waals surface area contributed by atoms with Gasteiger partial charge in [-0.1, -0.05) is 18.2 Å². The molecule has 0 spiro atoms. The Morgan fingerprint density at radius 2 is 1.93 bits per heavy atom. The Bertz CT molecular complexity index is 290. The Morgan fingerprint density at radius 1 is 1.29 bits per heavy atom. The Labute approximate surface area is 80.1 Å². The molecule has 0 atom stereocenters. The van der Waals surface area contributed by atoms with Gasteiger partial charge in [-0.2, -0.15) is 0 Å². The van der Waals surface area contributed by atoms with Crippen LogP contribution in [0.3, 0.4) is 0 Å². The summed E-state index contributed by atoms with van der Waals surface area (Å²) >= 11 is 0. The molecule has 0 radical (unpaired) electrons. The number of hydrogen-bond donors (Lipinski definition) is 2. The number of hydrogen-bond acceptors (Lipinski definition) is 1. The minimum absolute atomic E-state index is 0.569. The number of benzene rings is 1. The molecule has 0 aromatic heterocycles. The number of carbonyl (C=O) groups is 1. The number of nitrogens with one attached hydrogen (secondary N) is 2. The first-order valence-corrected chi connectivity index (χ1v) is 4.06. The van der Waals surface area contributed by atoms with Gasteiger partial charge in [0, 0.05) is 5.69 Å². The predicted octanol–water partition coefficient (Wildman–Crippen LogP) is 2.07. The number of anilines is 1. The third kappa shape index (κ3) is 3.84. The molecule has 2 amide bonds. The van der Waals surface area contributed by atoms with E-state index in [1.165, 1.54) is 0 Å². The van der Waals surface area contributed by atoms with Crippen molar-refractivity contribution < 1.29 is 13.6 Å². The maximum absolute atomic E-state index is 11.7. The zero-order chi connectivity index (χ0) is 10.4.